The summed E-state index contributed by atoms with van der Waals surface area (Å²) >= 11 is 1.06. The average molecular weight is 360 g/mol. The van der Waals surface area contributed by atoms with Crippen LogP contribution in [0.3, 0.4) is 0 Å². The normalized spacial score (nSPS) is 27.2. The molecule has 0 aliphatic carbocycles. The molecule has 0 spiro atoms. The van der Waals surface area contributed by atoms with Crippen LogP contribution in [0.15, 0.2) is 21.9 Å². The van der Waals surface area contributed by atoms with Crippen molar-refractivity contribution in [2.45, 2.75) is 36.7 Å². The Morgan fingerprint density at radius 2 is 2.04 bits per heavy atom. The summed E-state index contributed by atoms with van der Waals surface area (Å²) < 4.78 is 6.21. The summed E-state index contributed by atoms with van der Waals surface area (Å²) in [5, 5.41) is 27.9. The van der Waals surface area contributed by atoms with Gasteiger partial charge < -0.3 is 20.1 Å². The van der Waals surface area contributed by atoms with Gasteiger partial charge in [-0.3, -0.25) is 19.1 Å². The van der Waals surface area contributed by atoms with E-state index in [1.165, 1.54) is 20.0 Å². The average Bonchev–Trinajstić information content (AvgIpc) is 2.80. The molecule has 1 aliphatic heterocycles. The first-order valence-electron chi connectivity index (χ1n) is 7.28. The number of hydrogen-bond donors (Lipinski definition) is 4. The standard InChI is InChI=1S/C14H20N2O7S/c1-14(2,6-17)12(21)23-5-7-9(19)10(20)11(24-7)16-4-3-8(18)15-13(16)22/h3-4,7,9-11,17,19-20H,5-6H2,1-2H3,(H,15,18,22). The van der Waals surface area contributed by atoms with Gasteiger partial charge in [0, 0.05) is 12.3 Å². The lowest BCUT2D eigenvalue weighted by molar-refractivity contribution is -0.156. The highest BCUT2D eigenvalue weighted by Crippen LogP contribution is 2.41. The zero-order chi connectivity index (χ0) is 18.1. The maximum atomic E-state index is 11.9. The van der Waals surface area contributed by atoms with E-state index >= 15 is 0 Å². The van der Waals surface area contributed by atoms with E-state index in [1.807, 2.05) is 0 Å². The van der Waals surface area contributed by atoms with Crippen molar-refractivity contribution in [3.05, 3.63) is 33.1 Å². The third-order valence-corrected chi connectivity index (χ3v) is 5.34. The zero-order valence-corrected chi connectivity index (χ0v) is 14.0. The van der Waals surface area contributed by atoms with E-state index < -0.39 is 45.5 Å². The van der Waals surface area contributed by atoms with Crippen LogP contribution < -0.4 is 11.2 Å². The predicted molar refractivity (Wildman–Crippen MR) is 85.6 cm³/mol. The van der Waals surface area contributed by atoms with E-state index in [0.29, 0.717) is 0 Å². The Labute approximate surface area is 141 Å². The number of rotatable bonds is 5. The molecule has 0 bridgehead atoms. The molecule has 4 unspecified atom stereocenters. The Balaban J connectivity index is 2.09. The maximum Gasteiger partial charge on any atom is 0.329 e. The quantitative estimate of drug-likeness (QED) is 0.462. The molecule has 4 N–H and O–H groups in total. The number of aromatic nitrogens is 2. The van der Waals surface area contributed by atoms with Gasteiger partial charge in [0.25, 0.3) is 5.56 Å². The Morgan fingerprint density at radius 3 is 2.62 bits per heavy atom. The molecule has 24 heavy (non-hydrogen) atoms. The maximum absolute atomic E-state index is 11.9. The molecule has 134 valence electrons. The number of ether oxygens (including phenoxy) is 1. The van der Waals surface area contributed by atoms with Crippen LogP contribution in [0.5, 0.6) is 0 Å². The number of esters is 1. The van der Waals surface area contributed by atoms with Crippen LogP contribution in [0.25, 0.3) is 0 Å². The lowest BCUT2D eigenvalue weighted by atomic mass is 9.95. The van der Waals surface area contributed by atoms with Gasteiger partial charge in [-0.25, -0.2) is 4.79 Å². The summed E-state index contributed by atoms with van der Waals surface area (Å²) in [6.45, 7) is 2.47. The molecule has 0 radical (unpaired) electrons. The first-order valence-corrected chi connectivity index (χ1v) is 8.23. The largest absolute Gasteiger partial charge is 0.464 e. The Bertz CT molecular complexity index is 714. The van der Waals surface area contributed by atoms with Gasteiger partial charge in [0.05, 0.1) is 23.4 Å². The second-order valence-electron chi connectivity index (χ2n) is 6.20. The first kappa shape index (κ1) is 18.7. The third-order valence-electron chi connectivity index (χ3n) is 3.79. The molecule has 2 rings (SSSR count). The molecule has 9 nitrogen and oxygen atoms in total. The smallest absolute Gasteiger partial charge is 0.329 e. The van der Waals surface area contributed by atoms with Crippen molar-refractivity contribution in [3.63, 3.8) is 0 Å². The molecule has 1 fully saturated rings. The van der Waals surface area contributed by atoms with E-state index in [1.54, 1.807) is 0 Å². The second kappa shape index (κ2) is 7.09. The van der Waals surface area contributed by atoms with Crippen molar-refractivity contribution in [3.8, 4) is 0 Å². The van der Waals surface area contributed by atoms with Crippen LogP contribution in [0.4, 0.5) is 0 Å². The molecule has 0 aromatic carbocycles. The molecule has 1 aromatic rings. The van der Waals surface area contributed by atoms with E-state index in [4.69, 9.17) is 9.84 Å². The number of carbonyl (C=O) groups is 1. The topological polar surface area (TPSA) is 142 Å². The number of hydrogen-bond acceptors (Lipinski definition) is 8. The number of aromatic amines is 1. The number of nitrogens with one attached hydrogen (secondary N) is 1. The fraction of sp³-hybridized carbons (Fsp3) is 0.643. The molecule has 10 heteroatoms. The van der Waals surface area contributed by atoms with Gasteiger partial charge in [-0.1, -0.05) is 0 Å². The Hall–Kier alpha value is -1.62. The number of carbonyl (C=O) groups excluding carboxylic acids is 1. The summed E-state index contributed by atoms with van der Waals surface area (Å²) in [6.07, 6.45) is -1.25. The van der Waals surface area contributed by atoms with Crippen LogP contribution in [0.1, 0.15) is 19.2 Å². The van der Waals surface area contributed by atoms with Crippen molar-refractivity contribution in [1.82, 2.24) is 9.55 Å². The molecule has 1 aromatic heterocycles. The molecular formula is C14H20N2O7S. The first-order chi connectivity index (χ1) is 11.2. The number of H-pyrrole nitrogens is 1. The molecule has 2 heterocycles. The van der Waals surface area contributed by atoms with Gasteiger partial charge in [-0.15, -0.1) is 11.8 Å². The molecule has 0 saturated carbocycles. The lowest BCUT2D eigenvalue weighted by Gasteiger charge is -2.21. The van der Waals surface area contributed by atoms with E-state index in [2.05, 4.69) is 4.98 Å². The summed E-state index contributed by atoms with van der Waals surface area (Å²) in [6, 6.07) is 1.14. The van der Waals surface area contributed by atoms with Crippen LogP contribution >= 0.6 is 11.8 Å². The molecule has 4 atom stereocenters. The van der Waals surface area contributed by atoms with Crippen molar-refractivity contribution >= 4 is 17.7 Å². The van der Waals surface area contributed by atoms with Crippen LogP contribution in [-0.2, 0) is 9.53 Å². The molecular weight excluding hydrogens is 340 g/mol. The van der Waals surface area contributed by atoms with Gasteiger partial charge in [-0.05, 0) is 13.8 Å². The van der Waals surface area contributed by atoms with Crippen molar-refractivity contribution in [2.24, 2.45) is 5.41 Å². The minimum atomic E-state index is -1.27. The number of aliphatic hydroxyl groups is 3. The Kier molecular flexibility index (Phi) is 5.53. The molecule has 1 aliphatic rings. The summed E-state index contributed by atoms with van der Waals surface area (Å²) in [5.41, 5.74) is -2.33. The van der Waals surface area contributed by atoms with E-state index in [9.17, 15) is 24.6 Å². The van der Waals surface area contributed by atoms with E-state index in [0.717, 1.165) is 22.4 Å². The highest BCUT2D eigenvalue weighted by Gasteiger charge is 2.44. The highest BCUT2D eigenvalue weighted by molar-refractivity contribution is 8.00. The predicted octanol–water partition coefficient (Wildman–Crippen LogP) is -1.57. The summed E-state index contributed by atoms with van der Waals surface area (Å²) in [7, 11) is 0. The third kappa shape index (κ3) is 3.72. The number of nitrogens with zero attached hydrogens (tertiary/aromatic N) is 1. The second-order valence-corrected chi connectivity index (χ2v) is 7.56. The minimum Gasteiger partial charge on any atom is -0.464 e. The number of aliphatic hydroxyl groups excluding tert-OH is 3. The minimum absolute atomic E-state index is 0.181. The van der Waals surface area contributed by atoms with Crippen LogP contribution in [0.2, 0.25) is 0 Å². The van der Waals surface area contributed by atoms with Crippen molar-refractivity contribution < 1.29 is 24.9 Å². The van der Waals surface area contributed by atoms with Crippen molar-refractivity contribution in [1.29, 1.82) is 0 Å². The SMILES string of the molecule is CC(C)(CO)C(=O)OCC1SC(n2ccc(=O)[nH]c2=O)C(O)C1O. The van der Waals surface area contributed by atoms with Gasteiger partial charge in [0.15, 0.2) is 0 Å². The lowest BCUT2D eigenvalue weighted by Crippen LogP contribution is -2.38. The van der Waals surface area contributed by atoms with Gasteiger partial charge in [-0.2, -0.15) is 0 Å². The van der Waals surface area contributed by atoms with Gasteiger partial charge >= 0.3 is 11.7 Å². The van der Waals surface area contributed by atoms with Crippen LogP contribution in [0, 0.1) is 5.41 Å². The summed E-state index contributed by atoms with van der Waals surface area (Å²) in [5.74, 6) is -0.628. The van der Waals surface area contributed by atoms with Gasteiger partial charge in [0.1, 0.15) is 18.1 Å². The van der Waals surface area contributed by atoms with Gasteiger partial charge in [0.2, 0.25) is 0 Å². The van der Waals surface area contributed by atoms with E-state index in [-0.39, 0.29) is 13.2 Å². The molecule has 0 amide bonds. The zero-order valence-electron chi connectivity index (χ0n) is 13.2. The fourth-order valence-electron chi connectivity index (χ4n) is 2.14. The number of thioether (sulfide) groups is 1. The summed E-state index contributed by atoms with van der Waals surface area (Å²) in [4.78, 5) is 36.8. The van der Waals surface area contributed by atoms with Crippen LogP contribution in [-0.4, -0.2) is 61.5 Å². The van der Waals surface area contributed by atoms with Crippen molar-refractivity contribution in [2.75, 3.05) is 13.2 Å². The Morgan fingerprint density at radius 1 is 1.38 bits per heavy atom. The highest BCUT2D eigenvalue weighted by atomic mass is 32.2. The monoisotopic (exact) mass is 360 g/mol. The fourth-order valence-corrected chi connectivity index (χ4v) is 3.59. The molecule has 1 saturated heterocycles.